The van der Waals surface area contributed by atoms with Crippen molar-refractivity contribution in [3.8, 4) is 11.3 Å². The molecule has 0 N–H and O–H groups in total. The number of imidazole rings is 1. The lowest BCUT2D eigenvalue weighted by atomic mass is 9.95. The molecule has 0 atom stereocenters. The van der Waals surface area contributed by atoms with Crippen LogP contribution in [-0.2, 0) is 7.05 Å². The zero-order valence-electron chi connectivity index (χ0n) is 17.7. The van der Waals surface area contributed by atoms with Gasteiger partial charge in [0.15, 0.2) is 0 Å². The Balaban J connectivity index is 1.73. The Morgan fingerprint density at radius 1 is 1.00 bits per heavy atom. The molecule has 0 amide bonds. The molecular weight excluding hydrogens is 376 g/mol. The summed E-state index contributed by atoms with van der Waals surface area (Å²) in [5.74, 6) is 0.901. The van der Waals surface area contributed by atoms with Crippen molar-refractivity contribution in [2.24, 2.45) is 7.05 Å². The second-order valence-corrected chi connectivity index (χ2v) is 8.36. The van der Waals surface area contributed by atoms with E-state index in [9.17, 15) is 4.79 Å². The van der Waals surface area contributed by atoms with Gasteiger partial charge in [-0.1, -0.05) is 19.3 Å². The first-order valence-electron chi connectivity index (χ1n) is 10.5. The first kappa shape index (κ1) is 18.8. The Hall–Kier alpha value is -3.22. The highest BCUT2D eigenvalue weighted by molar-refractivity contribution is 6.00. The molecule has 4 aromatic rings. The second-order valence-electron chi connectivity index (χ2n) is 8.36. The van der Waals surface area contributed by atoms with Crippen LogP contribution in [0.3, 0.4) is 0 Å². The molecule has 4 aromatic heterocycles. The van der Waals surface area contributed by atoms with Gasteiger partial charge >= 0.3 is 5.69 Å². The van der Waals surface area contributed by atoms with Crippen molar-refractivity contribution < 1.29 is 0 Å². The Kier molecular flexibility index (Phi) is 4.53. The van der Waals surface area contributed by atoms with E-state index in [0.717, 1.165) is 52.0 Å². The summed E-state index contributed by atoms with van der Waals surface area (Å²) in [4.78, 5) is 29.2. The Morgan fingerprint density at radius 2 is 1.80 bits per heavy atom. The van der Waals surface area contributed by atoms with Crippen LogP contribution in [0.25, 0.3) is 33.3 Å². The van der Waals surface area contributed by atoms with E-state index in [1.54, 1.807) is 10.8 Å². The third-order valence-electron chi connectivity index (χ3n) is 6.20. The Bertz CT molecular complexity index is 1280. The first-order chi connectivity index (χ1) is 14.5. The summed E-state index contributed by atoms with van der Waals surface area (Å²) in [5, 5.41) is 0. The van der Waals surface area contributed by atoms with Gasteiger partial charge in [0.1, 0.15) is 11.3 Å². The average molecular weight is 403 g/mol. The van der Waals surface area contributed by atoms with E-state index in [0.29, 0.717) is 0 Å². The van der Waals surface area contributed by atoms with Crippen LogP contribution in [0.15, 0.2) is 41.5 Å². The van der Waals surface area contributed by atoms with Crippen molar-refractivity contribution in [1.29, 1.82) is 0 Å². The van der Waals surface area contributed by atoms with Crippen LogP contribution in [-0.4, -0.2) is 38.2 Å². The molecule has 5 rings (SSSR count). The van der Waals surface area contributed by atoms with Crippen molar-refractivity contribution in [2.75, 3.05) is 19.0 Å². The lowest BCUT2D eigenvalue weighted by Gasteiger charge is -2.23. The van der Waals surface area contributed by atoms with Gasteiger partial charge in [-0.15, -0.1) is 0 Å². The van der Waals surface area contributed by atoms with Crippen molar-refractivity contribution >= 4 is 27.9 Å². The summed E-state index contributed by atoms with van der Waals surface area (Å²) in [5.41, 5.74) is 5.13. The fourth-order valence-corrected chi connectivity index (χ4v) is 4.53. The third-order valence-corrected chi connectivity index (χ3v) is 6.20. The van der Waals surface area contributed by atoms with Gasteiger partial charge in [0.05, 0.1) is 28.4 Å². The van der Waals surface area contributed by atoms with Gasteiger partial charge in [-0.2, -0.15) is 0 Å². The smallest absolute Gasteiger partial charge is 0.329 e. The van der Waals surface area contributed by atoms with Gasteiger partial charge < -0.3 is 4.90 Å². The number of aryl methyl sites for hydroxylation is 1. The topological polar surface area (TPSA) is 68.8 Å². The minimum atomic E-state index is 0.0235. The maximum absolute atomic E-state index is 13.1. The summed E-state index contributed by atoms with van der Waals surface area (Å²) in [6, 6.07) is 8.20. The standard InChI is InChI=1S/C23H26N6O/c1-27(2)20-12-9-15(13-25-20)17-10-11-18-21(26-17)22-19(14-24-18)28(3)23(30)29(22)16-7-5-4-6-8-16/h9-14,16H,4-8H2,1-3H3. The van der Waals surface area contributed by atoms with Crippen LogP contribution in [0.5, 0.6) is 0 Å². The number of anilines is 1. The zero-order valence-corrected chi connectivity index (χ0v) is 17.7. The Labute approximate surface area is 175 Å². The van der Waals surface area contributed by atoms with Gasteiger partial charge in [0.2, 0.25) is 0 Å². The number of fused-ring (bicyclic) bond motifs is 3. The van der Waals surface area contributed by atoms with E-state index >= 15 is 0 Å². The van der Waals surface area contributed by atoms with Crippen LogP contribution >= 0.6 is 0 Å². The lowest BCUT2D eigenvalue weighted by Crippen LogP contribution is -2.27. The number of hydrogen-bond acceptors (Lipinski definition) is 5. The van der Waals surface area contributed by atoms with Gasteiger partial charge in [-0.3, -0.25) is 14.1 Å². The number of nitrogens with zero attached hydrogens (tertiary/aromatic N) is 6. The summed E-state index contributed by atoms with van der Waals surface area (Å²) in [6.45, 7) is 0. The molecule has 0 aromatic carbocycles. The number of pyridine rings is 3. The van der Waals surface area contributed by atoms with Crippen molar-refractivity contribution in [3.63, 3.8) is 0 Å². The summed E-state index contributed by atoms with van der Waals surface area (Å²) < 4.78 is 3.68. The van der Waals surface area contributed by atoms with Crippen LogP contribution < -0.4 is 10.6 Å². The van der Waals surface area contributed by atoms with Crippen LogP contribution in [0, 0.1) is 0 Å². The van der Waals surface area contributed by atoms with Crippen LogP contribution in [0.2, 0.25) is 0 Å². The molecule has 154 valence electrons. The SMILES string of the molecule is CN(C)c1ccc(-c2ccc3ncc4c(c3n2)n(C2CCCCC2)c(=O)n4C)cn1. The predicted molar refractivity (Wildman–Crippen MR) is 120 cm³/mol. The number of aromatic nitrogens is 5. The summed E-state index contributed by atoms with van der Waals surface area (Å²) >= 11 is 0. The monoisotopic (exact) mass is 402 g/mol. The van der Waals surface area contributed by atoms with Crippen molar-refractivity contribution in [3.05, 3.63) is 47.1 Å². The minimum absolute atomic E-state index is 0.0235. The molecule has 4 heterocycles. The molecule has 30 heavy (non-hydrogen) atoms. The maximum atomic E-state index is 13.1. The average Bonchev–Trinajstić information content (AvgIpc) is 3.04. The lowest BCUT2D eigenvalue weighted by molar-refractivity contribution is 0.351. The Morgan fingerprint density at radius 3 is 2.50 bits per heavy atom. The molecule has 0 spiro atoms. The molecule has 1 fully saturated rings. The van der Waals surface area contributed by atoms with Gasteiger partial charge in [-0.25, -0.2) is 14.8 Å². The highest BCUT2D eigenvalue weighted by atomic mass is 16.1. The molecule has 1 saturated carbocycles. The zero-order chi connectivity index (χ0) is 20.8. The normalized spacial score (nSPS) is 15.2. The van der Waals surface area contributed by atoms with E-state index in [1.807, 2.05) is 61.1 Å². The highest BCUT2D eigenvalue weighted by Gasteiger charge is 2.23. The third kappa shape index (κ3) is 2.96. The molecule has 1 aliphatic carbocycles. The molecule has 0 radical (unpaired) electrons. The van der Waals surface area contributed by atoms with E-state index in [2.05, 4.69) is 9.97 Å². The second kappa shape index (κ2) is 7.23. The van der Waals surface area contributed by atoms with Gasteiger partial charge in [0, 0.05) is 38.9 Å². The van der Waals surface area contributed by atoms with Crippen LogP contribution in [0.4, 0.5) is 5.82 Å². The number of hydrogen-bond donors (Lipinski definition) is 0. The van der Waals surface area contributed by atoms with Gasteiger partial charge in [0.25, 0.3) is 0 Å². The molecule has 0 aliphatic heterocycles. The van der Waals surface area contributed by atoms with E-state index < -0.39 is 0 Å². The first-order valence-corrected chi connectivity index (χ1v) is 10.5. The molecule has 7 nitrogen and oxygen atoms in total. The minimum Gasteiger partial charge on any atom is -0.363 e. The molecule has 7 heteroatoms. The van der Waals surface area contributed by atoms with E-state index in [4.69, 9.17) is 4.98 Å². The van der Waals surface area contributed by atoms with Crippen molar-refractivity contribution in [2.45, 2.75) is 38.1 Å². The predicted octanol–water partition coefficient (Wildman–Crippen LogP) is 3.92. The van der Waals surface area contributed by atoms with Gasteiger partial charge in [-0.05, 0) is 37.1 Å². The quantitative estimate of drug-likeness (QED) is 0.520. The molecule has 0 unspecified atom stereocenters. The molecule has 0 bridgehead atoms. The van der Waals surface area contributed by atoms with E-state index in [1.165, 1.54) is 19.3 Å². The summed E-state index contributed by atoms with van der Waals surface area (Å²) in [7, 11) is 5.77. The fourth-order valence-electron chi connectivity index (χ4n) is 4.53. The van der Waals surface area contributed by atoms with E-state index in [-0.39, 0.29) is 11.7 Å². The van der Waals surface area contributed by atoms with Crippen LogP contribution in [0.1, 0.15) is 38.1 Å². The highest BCUT2D eigenvalue weighted by Crippen LogP contribution is 2.32. The number of rotatable bonds is 3. The largest absolute Gasteiger partial charge is 0.363 e. The summed E-state index contributed by atoms with van der Waals surface area (Å²) in [6.07, 6.45) is 9.30. The van der Waals surface area contributed by atoms with Crippen molar-refractivity contribution in [1.82, 2.24) is 24.1 Å². The molecule has 1 aliphatic rings. The molecular formula is C23H26N6O. The maximum Gasteiger partial charge on any atom is 0.329 e. The molecule has 0 saturated heterocycles. The fraction of sp³-hybridized carbons (Fsp3) is 0.391.